The number of carbonyl (C=O) groups is 3. The summed E-state index contributed by atoms with van der Waals surface area (Å²) in [6.07, 6.45) is -0.510. The number of amides is 3. The van der Waals surface area contributed by atoms with E-state index < -0.39 is 12.0 Å². The molecule has 1 saturated heterocycles. The summed E-state index contributed by atoms with van der Waals surface area (Å²) in [4.78, 5) is 38.5. The number of ether oxygens (including phenoxy) is 1. The maximum atomic E-state index is 12.4. The number of aryl methyl sites for hydroxylation is 3. The lowest BCUT2D eigenvalue weighted by Crippen LogP contribution is -2.36. The van der Waals surface area contributed by atoms with Crippen molar-refractivity contribution in [3.63, 3.8) is 0 Å². The zero-order valence-electron chi connectivity index (χ0n) is 19.5. The Labute approximate surface area is 193 Å². The molecule has 176 valence electrons. The zero-order chi connectivity index (χ0) is 24.1. The van der Waals surface area contributed by atoms with Crippen molar-refractivity contribution in [1.29, 1.82) is 0 Å². The third-order valence-electron chi connectivity index (χ3n) is 5.53. The van der Waals surface area contributed by atoms with Crippen molar-refractivity contribution in [2.45, 2.75) is 40.2 Å². The van der Waals surface area contributed by atoms with Crippen LogP contribution in [0.25, 0.3) is 0 Å². The predicted octanol–water partition coefficient (Wildman–Crippen LogP) is 2.48. The highest BCUT2D eigenvalue weighted by Gasteiger charge is 2.35. The topological polar surface area (TPSA) is 108 Å². The van der Waals surface area contributed by atoms with Crippen LogP contribution in [0.4, 0.5) is 11.4 Å². The first kappa shape index (κ1) is 24.3. The molecule has 3 rings (SSSR count). The molecule has 3 N–H and O–H groups in total. The summed E-state index contributed by atoms with van der Waals surface area (Å²) in [6, 6.07) is 10.9. The second kappa shape index (κ2) is 10.5. The minimum absolute atomic E-state index is 0.127. The Balaban J connectivity index is 1.54. The number of nitrogens with zero attached hydrogens (tertiary/aromatic N) is 1. The number of aliphatic hydroxyl groups excluding tert-OH is 1. The van der Waals surface area contributed by atoms with E-state index in [-0.39, 0.29) is 43.8 Å². The molecule has 8 heteroatoms. The van der Waals surface area contributed by atoms with Crippen LogP contribution in [0.3, 0.4) is 0 Å². The van der Waals surface area contributed by atoms with Crippen LogP contribution >= 0.6 is 0 Å². The van der Waals surface area contributed by atoms with Gasteiger partial charge < -0.3 is 25.4 Å². The molecule has 3 amide bonds. The second-order valence-electron chi connectivity index (χ2n) is 8.60. The second-order valence-corrected chi connectivity index (χ2v) is 8.60. The molecular formula is C25H31N3O5. The molecule has 0 aliphatic carbocycles. The lowest BCUT2D eigenvalue weighted by Gasteiger charge is -2.17. The van der Waals surface area contributed by atoms with Gasteiger partial charge >= 0.3 is 0 Å². The summed E-state index contributed by atoms with van der Waals surface area (Å²) >= 11 is 0. The molecule has 1 heterocycles. The first-order valence-corrected chi connectivity index (χ1v) is 11.0. The van der Waals surface area contributed by atoms with E-state index in [4.69, 9.17) is 4.74 Å². The van der Waals surface area contributed by atoms with E-state index in [9.17, 15) is 19.5 Å². The normalized spacial score (nSPS) is 16.5. The van der Waals surface area contributed by atoms with Crippen LogP contribution in [-0.2, 0) is 14.4 Å². The zero-order valence-corrected chi connectivity index (χ0v) is 19.5. The third kappa shape index (κ3) is 6.32. The molecule has 2 atom stereocenters. The number of benzene rings is 2. The molecule has 33 heavy (non-hydrogen) atoms. The van der Waals surface area contributed by atoms with E-state index in [1.54, 1.807) is 36.1 Å². The molecule has 8 nitrogen and oxygen atoms in total. The number of aliphatic hydroxyl groups is 1. The minimum atomic E-state index is -0.637. The standard InChI is InChI=1S/C25H31N3O5/c1-15-9-16(2)24(17(3)10-15)27-22(30)14-33-21-7-5-20(6-8-21)28-13-19(11-23(28)31)25(32)26-12-18(4)29/h5-10,18-19,29H,11-14H2,1-4H3,(H,26,32)(H,27,30)/t18-,19-/m1/s1. The van der Waals surface area contributed by atoms with Crippen LogP contribution in [0, 0.1) is 26.7 Å². The van der Waals surface area contributed by atoms with Crippen LogP contribution in [0.1, 0.15) is 30.0 Å². The van der Waals surface area contributed by atoms with Crippen molar-refractivity contribution in [3.8, 4) is 5.75 Å². The molecule has 2 aromatic carbocycles. The van der Waals surface area contributed by atoms with Crippen molar-refractivity contribution in [1.82, 2.24) is 5.32 Å². The van der Waals surface area contributed by atoms with Crippen molar-refractivity contribution in [2.24, 2.45) is 5.92 Å². The Bertz CT molecular complexity index is 1010. The van der Waals surface area contributed by atoms with Crippen LogP contribution in [0.15, 0.2) is 36.4 Å². The lowest BCUT2D eigenvalue weighted by molar-refractivity contribution is -0.126. The molecular weight excluding hydrogens is 422 g/mol. The fourth-order valence-electron chi connectivity index (χ4n) is 3.95. The van der Waals surface area contributed by atoms with Crippen molar-refractivity contribution in [3.05, 3.63) is 53.1 Å². The van der Waals surface area contributed by atoms with Crippen LogP contribution in [-0.4, -0.2) is 48.6 Å². The molecule has 1 fully saturated rings. The summed E-state index contributed by atoms with van der Waals surface area (Å²) in [6.45, 7) is 7.81. The number of hydrogen-bond acceptors (Lipinski definition) is 5. The number of rotatable bonds is 8. The molecule has 0 unspecified atom stereocenters. The number of anilines is 2. The molecule has 1 aliphatic heterocycles. The molecule has 0 saturated carbocycles. The Morgan fingerprint density at radius 3 is 2.39 bits per heavy atom. The fourth-order valence-corrected chi connectivity index (χ4v) is 3.95. The van der Waals surface area contributed by atoms with Gasteiger partial charge in [-0.05, 0) is 63.1 Å². The van der Waals surface area contributed by atoms with Gasteiger partial charge in [0, 0.05) is 30.9 Å². The monoisotopic (exact) mass is 453 g/mol. The lowest BCUT2D eigenvalue weighted by atomic mass is 10.1. The third-order valence-corrected chi connectivity index (χ3v) is 5.53. The summed E-state index contributed by atoms with van der Waals surface area (Å²) in [7, 11) is 0. The van der Waals surface area contributed by atoms with Crippen LogP contribution in [0.5, 0.6) is 5.75 Å². The minimum Gasteiger partial charge on any atom is -0.484 e. The van der Waals surface area contributed by atoms with Gasteiger partial charge in [0.2, 0.25) is 11.8 Å². The predicted molar refractivity (Wildman–Crippen MR) is 126 cm³/mol. The first-order valence-electron chi connectivity index (χ1n) is 11.0. The molecule has 1 aliphatic rings. The maximum Gasteiger partial charge on any atom is 0.262 e. The maximum absolute atomic E-state index is 12.4. The average molecular weight is 454 g/mol. The highest BCUT2D eigenvalue weighted by Crippen LogP contribution is 2.27. The SMILES string of the molecule is Cc1cc(C)c(NC(=O)COc2ccc(N3C[C@H](C(=O)NC[C@@H](C)O)CC3=O)cc2)c(C)c1. The van der Waals surface area contributed by atoms with Crippen LogP contribution < -0.4 is 20.3 Å². The van der Waals surface area contributed by atoms with E-state index in [0.717, 1.165) is 22.4 Å². The Morgan fingerprint density at radius 1 is 1.15 bits per heavy atom. The first-order chi connectivity index (χ1) is 15.6. The molecule has 2 aromatic rings. The van der Waals surface area contributed by atoms with Crippen LogP contribution in [0.2, 0.25) is 0 Å². The molecule has 0 aromatic heterocycles. The number of hydrogen-bond donors (Lipinski definition) is 3. The molecule has 0 spiro atoms. The fraction of sp³-hybridized carbons (Fsp3) is 0.400. The Hall–Kier alpha value is -3.39. The van der Waals surface area contributed by atoms with Gasteiger partial charge in [-0.25, -0.2) is 0 Å². The van der Waals surface area contributed by atoms with Gasteiger partial charge in [-0.2, -0.15) is 0 Å². The average Bonchev–Trinajstić information content (AvgIpc) is 3.15. The van der Waals surface area contributed by atoms with Crippen molar-refractivity contribution < 1.29 is 24.2 Å². The van der Waals surface area contributed by atoms with E-state index in [2.05, 4.69) is 10.6 Å². The Morgan fingerprint density at radius 2 is 1.79 bits per heavy atom. The summed E-state index contributed by atoms with van der Waals surface area (Å²) < 4.78 is 5.60. The van der Waals surface area contributed by atoms with E-state index in [1.807, 2.05) is 32.9 Å². The molecule has 0 bridgehead atoms. The van der Waals surface area contributed by atoms with Gasteiger partial charge in [0.05, 0.1) is 12.0 Å². The van der Waals surface area contributed by atoms with Gasteiger partial charge in [-0.3, -0.25) is 14.4 Å². The van der Waals surface area contributed by atoms with E-state index in [1.165, 1.54) is 0 Å². The largest absolute Gasteiger partial charge is 0.484 e. The van der Waals surface area contributed by atoms with Gasteiger partial charge in [-0.1, -0.05) is 17.7 Å². The molecule has 0 radical (unpaired) electrons. The van der Waals surface area contributed by atoms with Crippen molar-refractivity contribution in [2.75, 3.05) is 29.9 Å². The van der Waals surface area contributed by atoms with Gasteiger partial charge in [-0.15, -0.1) is 0 Å². The quantitative estimate of drug-likeness (QED) is 0.569. The number of carbonyl (C=O) groups excluding carboxylic acids is 3. The van der Waals surface area contributed by atoms with Gasteiger partial charge in [0.1, 0.15) is 5.75 Å². The summed E-state index contributed by atoms with van der Waals surface area (Å²) in [5, 5.41) is 14.9. The smallest absolute Gasteiger partial charge is 0.262 e. The van der Waals surface area contributed by atoms with Crippen molar-refractivity contribution >= 4 is 29.1 Å². The summed E-state index contributed by atoms with van der Waals surface area (Å²) in [5.74, 6) is -0.579. The van der Waals surface area contributed by atoms with E-state index in [0.29, 0.717) is 11.4 Å². The van der Waals surface area contributed by atoms with E-state index >= 15 is 0 Å². The number of nitrogens with one attached hydrogen (secondary N) is 2. The Kier molecular flexibility index (Phi) is 7.71. The van der Waals surface area contributed by atoms with Gasteiger partial charge in [0.15, 0.2) is 6.61 Å². The highest BCUT2D eigenvalue weighted by atomic mass is 16.5. The van der Waals surface area contributed by atoms with Gasteiger partial charge in [0.25, 0.3) is 5.91 Å². The highest BCUT2D eigenvalue weighted by molar-refractivity contribution is 6.00. The summed E-state index contributed by atoms with van der Waals surface area (Å²) in [5.41, 5.74) is 4.59.